The molecule has 2 aromatic rings. The van der Waals surface area contributed by atoms with Crippen molar-refractivity contribution in [2.24, 2.45) is 0 Å². The summed E-state index contributed by atoms with van der Waals surface area (Å²) in [6, 6.07) is 4.77. The molecule has 0 aliphatic carbocycles. The van der Waals surface area contributed by atoms with Crippen LogP contribution < -0.4 is 10.1 Å². The Labute approximate surface area is 116 Å². The molecular formula is C14H17FN2OS. The van der Waals surface area contributed by atoms with E-state index in [-0.39, 0.29) is 11.9 Å². The molecule has 1 atom stereocenters. The molecule has 1 aromatic carbocycles. The van der Waals surface area contributed by atoms with Gasteiger partial charge in [0.05, 0.1) is 12.1 Å². The summed E-state index contributed by atoms with van der Waals surface area (Å²) in [5, 5.41) is 6.21. The minimum absolute atomic E-state index is 0.132. The lowest BCUT2D eigenvalue weighted by atomic mass is 10.0. The third-order valence-electron chi connectivity index (χ3n) is 2.89. The molecular weight excluding hydrogens is 263 g/mol. The predicted octanol–water partition coefficient (Wildman–Crippen LogP) is 3.18. The van der Waals surface area contributed by atoms with Gasteiger partial charge in [0.2, 0.25) is 0 Å². The Bertz CT molecular complexity index is 516. The minimum Gasteiger partial charge on any atom is -0.496 e. The maximum Gasteiger partial charge on any atom is 0.131 e. The number of aromatic nitrogens is 1. The number of methoxy groups -OCH3 is 1. The molecule has 0 saturated heterocycles. The lowest BCUT2D eigenvalue weighted by molar-refractivity contribution is 0.390. The van der Waals surface area contributed by atoms with Gasteiger partial charge >= 0.3 is 0 Å². The van der Waals surface area contributed by atoms with E-state index < -0.39 is 0 Å². The number of hydrogen-bond donors (Lipinski definition) is 1. The zero-order valence-electron chi connectivity index (χ0n) is 11.0. The van der Waals surface area contributed by atoms with E-state index in [9.17, 15) is 4.39 Å². The third-order valence-corrected chi connectivity index (χ3v) is 3.70. The van der Waals surface area contributed by atoms with Crippen molar-refractivity contribution >= 4 is 11.3 Å². The maximum atomic E-state index is 14.1. The van der Waals surface area contributed by atoms with E-state index in [0.29, 0.717) is 17.7 Å². The summed E-state index contributed by atoms with van der Waals surface area (Å²) in [4.78, 5) is 4.26. The standard InChI is InChI=1S/C14H17FN2OS/c1-3-16-11(9-13-17-7-8-19-13)14-10(15)5-4-6-12(14)18-2/h4-8,11,16H,3,9H2,1-2H3. The lowest BCUT2D eigenvalue weighted by Gasteiger charge is -2.20. The summed E-state index contributed by atoms with van der Waals surface area (Å²) in [5.41, 5.74) is 0.571. The van der Waals surface area contributed by atoms with Crippen LogP contribution in [0.3, 0.4) is 0 Å². The molecule has 0 aliphatic rings. The van der Waals surface area contributed by atoms with Crippen LogP contribution in [0.2, 0.25) is 0 Å². The van der Waals surface area contributed by atoms with E-state index in [2.05, 4.69) is 10.3 Å². The van der Waals surface area contributed by atoms with Crippen LogP contribution in [0.1, 0.15) is 23.5 Å². The van der Waals surface area contributed by atoms with Gasteiger partial charge in [0.25, 0.3) is 0 Å². The highest BCUT2D eigenvalue weighted by Crippen LogP contribution is 2.30. The third kappa shape index (κ3) is 3.30. The van der Waals surface area contributed by atoms with Crippen molar-refractivity contribution in [3.05, 3.63) is 46.2 Å². The molecule has 0 radical (unpaired) electrons. The topological polar surface area (TPSA) is 34.2 Å². The second kappa shape index (κ2) is 6.63. The zero-order valence-corrected chi connectivity index (χ0v) is 11.8. The van der Waals surface area contributed by atoms with Crippen LogP contribution in [0.25, 0.3) is 0 Å². The van der Waals surface area contributed by atoms with Crippen LogP contribution in [0.5, 0.6) is 5.75 Å². The fourth-order valence-electron chi connectivity index (χ4n) is 2.08. The van der Waals surface area contributed by atoms with E-state index in [4.69, 9.17) is 4.74 Å². The quantitative estimate of drug-likeness (QED) is 0.882. The molecule has 3 nitrogen and oxygen atoms in total. The first-order valence-electron chi connectivity index (χ1n) is 6.20. The highest BCUT2D eigenvalue weighted by Gasteiger charge is 2.20. The number of nitrogens with one attached hydrogen (secondary N) is 1. The average molecular weight is 280 g/mol. The number of benzene rings is 1. The van der Waals surface area contributed by atoms with Gasteiger partial charge in [-0.15, -0.1) is 11.3 Å². The SMILES string of the molecule is CCNC(Cc1nccs1)c1c(F)cccc1OC. The summed E-state index contributed by atoms with van der Waals surface area (Å²) in [7, 11) is 1.56. The van der Waals surface area contributed by atoms with Crippen LogP contribution in [0, 0.1) is 5.82 Å². The number of hydrogen-bond acceptors (Lipinski definition) is 4. The lowest BCUT2D eigenvalue weighted by Crippen LogP contribution is -2.24. The molecule has 1 unspecified atom stereocenters. The first-order chi connectivity index (χ1) is 9.26. The van der Waals surface area contributed by atoms with Crippen molar-refractivity contribution in [1.82, 2.24) is 10.3 Å². The average Bonchev–Trinajstić information content (AvgIpc) is 2.91. The van der Waals surface area contributed by atoms with Gasteiger partial charge < -0.3 is 10.1 Å². The number of ether oxygens (including phenoxy) is 1. The molecule has 5 heteroatoms. The van der Waals surface area contributed by atoms with Crippen molar-refractivity contribution in [2.75, 3.05) is 13.7 Å². The number of thiazole rings is 1. The van der Waals surface area contributed by atoms with Crippen molar-refractivity contribution in [3.8, 4) is 5.75 Å². The first kappa shape index (κ1) is 14.0. The molecule has 1 heterocycles. The van der Waals surface area contributed by atoms with Gasteiger partial charge in [-0.2, -0.15) is 0 Å². The van der Waals surface area contributed by atoms with Gasteiger partial charge in [-0.05, 0) is 18.7 Å². The van der Waals surface area contributed by atoms with E-state index in [1.54, 1.807) is 36.8 Å². The molecule has 1 N–H and O–H groups in total. The van der Waals surface area contributed by atoms with Gasteiger partial charge in [-0.3, -0.25) is 0 Å². The Morgan fingerprint density at radius 2 is 2.32 bits per heavy atom. The first-order valence-corrected chi connectivity index (χ1v) is 7.08. The van der Waals surface area contributed by atoms with Crippen LogP contribution in [0.4, 0.5) is 4.39 Å². The molecule has 0 bridgehead atoms. The highest BCUT2D eigenvalue weighted by atomic mass is 32.1. The van der Waals surface area contributed by atoms with Crippen molar-refractivity contribution in [2.45, 2.75) is 19.4 Å². The van der Waals surface area contributed by atoms with Gasteiger partial charge in [0, 0.05) is 29.6 Å². The van der Waals surface area contributed by atoms with Crippen LogP contribution >= 0.6 is 11.3 Å². The van der Waals surface area contributed by atoms with Crippen molar-refractivity contribution in [3.63, 3.8) is 0 Å². The number of halogens is 1. The van der Waals surface area contributed by atoms with E-state index in [1.165, 1.54) is 6.07 Å². The number of rotatable bonds is 6. The highest BCUT2D eigenvalue weighted by molar-refractivity contribution is 7.09. The fraction of sp³-hybridized carbons (Fsp3) is 0.357. The summed E-state index contributed by atoms with van der Waals surface area (Å²) >= 11 is 1.58. The minimum atomic E-state index is -0.248. The summed E-state index contributed by atoms with van der Waals surface area (Å²) in [6.07, 6.45) is 2.42. The fourth-order valence-corrected chi connectivity index (χ4v) is 2.75. The van der Waals surface area contributed by atoms with E-state index in [0.717, 1.165) is 11.6 Å². The second-order valence-electron chi connectivity index (χ2n) is 4.10. The summed E-state index contributed by atoms with van der Waals surface area (Å²) in [6.45, 7) is 2.76. The van der Waals surface area contributed by atoms with E-state index >= 15 is 0 Å². The second-order valence-corrected chi connectivity index (χ2v) is 5.08. The molecule has 19 heavy (non-hydrogen) atoms. The Kier molecular flexibility index (Phi) is 4.87. The number of nitrogens with zero attached hydrogens (tertiary/aromatic N) is 1. The monoisotopic (exact) mass is 280 g/mol. The molecule has 0 fully saturated rings. The molecule has 1 aromatic heterocycles. The summed E-state index contributed by atoms with van der Waals surface area (Å²) in [5.74, 6) is 0.323. The van der Waals surface area contributed by atoms with Gasteiger partial charge in [0.1, 0.15) is 11.6 Å². The summed E-state index contributed by atoms with van der Waals surface area (Å²) < 4.78 is 19.4. The maximum absolute atomic E-state index is 14.1. The molecule has 102 valence electrons. The Morgan fingerprint density at radius 3 is 2.95 bits per heavy atom. The van der Waals surface area contributed by atoms with Crippen molar-refractivity contribution in [1.29, 1.82) is 0 Å². The molecule has 0 amide bonds. The van der Waals surface area contributed by atoms with Gasteiger partial charge in [0.15, 0.2) is 0 Å². The van der Waals surface area contributed by atoms with E-state index in [1.807, 2.05) is 12.3 Å². The van der Waals surface area contributed by atoms with Gasteiger partial charge in [-0.1, -0.05) is 13.0 Å². The molecule has 0 aliphatic heterocycles. The zero-order chi connectivity index (χ0) is 13.7. The normalized spacial score (nSPS) is 12.4. The Balaban J connectivity index is 2.33. The van der Waals surface area contributed by atoms with Crippen LogP contribution in [-0.4, -0.2) is 18.6 Å². The van der Waals surface area contributed by atoms with Gasteiger partial charge in [-0.25, -0.2) is 9.37 Å². The van der Waals surface area contributed by atoms with Crippen LogP contribution in [0.15, 0.2) is 29.8 Å². The smallest absolute Gasteiger partial charge is 0.131 e. The molecule has 0 saturated carbocycles. The number of likely N-dealkylation sites (N-methyl/N-ethyl adjacent to an activating group) is 1. The predicted molar refractivity (Wildman–Crippen MR) is 75.2 cm³/mol. The Morgan fingerprint density at radius 1 is 1.47 bits per heavy atom. The van der Waals surface area contributed by atoms with Crippen molar-refractivity contribution < 1.29 is 9.13 Å². The van der Waals surface area contributed by atoms with Crippen LogP contribution in [-0.2, 0) is 6.42 Å². The molecule has 0 spiro atoms. The Hall–Kier alpha value is -1.46. The molecule has 2 rings (SSSR count). The largest absolute Gasteiger partial charge is 0.496 e.